The average Bonchev–Trinajstić information content (AvgIpc) is 2.30. The van der Waals surface area contributed by atoms with Crippen LogP contribution in [0.3, 0.4) is 0 Å². The minimum Gasteiger partial charge on any atom is -0.369 e. The maximum absolute atomic E-state index is 12.5. The highest BCUT2D eigenvalue weighted by Crippen LogP contribution is 2.25. The third-order valence-electron chi connectivity index (χ3n) is 2.47. The Bertz CT molecular complexity index is 532. The van der Waals surface area contributed by atoms with E-state index in [1.165, 1.54) is 4.31 Å². The minimum atomic E-state index is -3.53. The molecule has 1 aromatic rings. The Morgan fingerprint density at radius 1 is 1.47 bits per heavy atom. The van der Waals surface area contributed by atoms with E-state index in [0.717, 1.165) is 0 Å². The molecule has 0 aliphatic carbocycles. The second-order valence-corrected chi connectivity index (χ2v) is 7.64. The number of hydrogen-bond acceptors (Lipinski definition) is 4. The summed E-state index contributed by atoms with van der Waals surface area (Å²) in [7, 11) is -1.94. The van der Waals surface area contributed by atoms with Gasteiger partial charge in [-0.1, -0.05) is 13.8 Å². The molecule has 0 bridgehead atoms. The Labute approximate surface area is 123 Å². The summed E-state index contributed by atoms with van der Waals surface area (Å²) < 4.78 is 27.1. The summed E-state index contributed by atoms with van der Waals surface area (Å²) >= 11 is 3.27. The van der Waals surface area contributed by atoms with Crippen LogP contribution < -0.4 is 5.32 Å². The number of pyridine rings is 1. The molecule has 0 unspecified atom stereocenters. The van der Waals surface area contributed by atoms with Crippen molar-refractivity contribution < 1.29 is 8.42 Å². The highest BCUT2D eigenvalue weighted by atomic mass is 79.9. The van der Waals surface area contributed by atoms with Crippen LogP contribution in [0, 0.1) is 5.92 Å². The standard InChI is InChI=1S/C12H20BrN3O2S/c1-5-14-12-11(6-10(13)7-15-12)19(17,18)16(4)8-9(2)3/h6-7,9H,5,8H2,1-4H3,(H,14,15). The molecule has 0 aliphatic rings. The molecule has 0 saturated heterocycles. The van der Waals surface area contributed by atoms with E-state index in [9.17, 15) is 8.42 Å². The molecule has 0 fully saturated rings. The Balaban J connectivity index is 3.22. The van der Waals surface area contributed by atoms with Crippen molar-refractivity contribution in [3.05, 3.63) is 16.7 Å². The highest BCUT2D eigenvalue weighted by molar-refractivity contribution is 9.10. The summed E-state index contributed by atoms with van der Waals surface area (Å²) in [6.07, 6.45) is 1.58. The summed E-state index contributed by atoms with van der Waals surface area (Å²) in [5, 5.41) is 2.98. The van der Waals surface area contributed by atoms with Gasteiger partial charge in [0.1, 0.15) is 10.7 Å². The summed E-state index contributed by atoms with van der Waals surface area (Å²) in [6.45, 7) is 6.95. The third-order valence-corrected chi connectivity index (χ3v) is 4.74. The predicted octanol–water partition coefficient (Wildman–Crippen LogP) is 2.55. The van der Waals surface area contributed by atoms with Gasteiger partial charge in [0.05, 0.1) is 0 Å². The molecule has 1 N–H and O–H groups in total. The van der Waals surface area contributed by atoms with Crippen LogP contribution in [0.5, 0.6) is 0 Å². The van der Waals surface area contributed by atoms with Crippen LogP contribution in [0.4, 0.5) is 5.82 Å². The van der Waals surface area contributed by atoms with Crippen molar-refractivity contribution >= 4 is 31.8 Å². The Hall–Kier alpha value is -0.660. The van der Waals surface area contributed by atoms with Crippen LogP contribution in [0.1, 0.15) is 20.8 Å². The second kappa shape index (κ2) is 6.67. The average molecular weight is 350 g/mol. The topological polar surface area (TPSA) is 62.3 Å². The lowest BCUT2D eigenvalue weighted by molar-refractivity contribution is 0.417. The second-order valence-electron chi connectivity index (χ2n) is 4.71. The van der Waals surface area contributed by atoms with Crippen LogP contribution in [0.15, 0.2) is 21.6 Å². The van der Waals surface area contributed by atoms with E-state index < -0.39 is 10.0 Å². The van der Waals surface area contributed by atoms with Gasteiger partial charge < -0.3 is 5.32 Å². The van der Waals surface area contributed by atoms with Gasteiger partial charge >= 0.3 is 0 Å². The van der Waals surface area contributed by atoms with Crippen LogP contribution in [0.2, 0.25) is 0 Å². The van der Waals surface area contributed by atoms with Gasteiger partial charge in [-0.25, -0.2) is 17.7 Å². The smallest absolute Gasteiger partial charge is 0.246 e. The highest BCUT2D eigenvalue weighted by Gasteiger charge is 2.25. The normalized spacial score (nSPS) is 12.2. The number of aromatic nitrogens is 1. The molecule has 1 heterocycles. The van der Waals surface area contributed by atoms with E-state index in [2.05, 4.69) is 26.2 Å². The largest absolute Gasteiger partial charge is 0.369 e. The molecule has 108 valence electrons. The van der Waals surface area contributed by atoms with Gasteiger partial charge in [0, 0.05) is 30.8 Å². The summed E-state index contributed by atoms with van der Waals surface area (Å²) in [5.41, 5.74) is 0. The first-order chi connectivity index (χ1) is 8.78. The molecule has 0 radical (unpaired) electrons. The first kappa shape index (κ1) is 16.4. The molecule has 0 spiro atoms. The molecule has 0 aromatic carbocycles. The van der Waals surface area contributed by atoms with E-state index in [0.29, 0.717) is 23.4 Å². The van der Waals surface area contributed by atoms with Gasteiger partial charge in [0.15, 0.2) is 0 Å². The van der Waals surface area contributed by atoms with Gasteiger partial charge in [-0.2, -0.15) is 0 Å². The number of rotatable bonds is 6. The fourth-order valence-corrected chi connectivity index (χ4v) is 3.66. The number of anilines is 1. The molecule has 0 saturated carbocycles. The summed E-state index contributed by atoms with van der Waals surface area (Å²) in [6, 6.07) is 1.58. The zero-order valence-corrected chi connectivity index (χ0v) is 14.0. The number of sulfonamides is 1. The number of halogens is 1. The lowest BCUT2D eigenvalue weighted by Gasteiger charge is -2.20. The fourth-order valence-electron chi connectivity index (χ4n) is 1.70. The van der Waals surface area contributed by atoms with Crippen molar-refractivity contribution in [1.82, 2.24) is 9.29 Å². The molecular formula is C12H20BrN3O2S. The van der Waals surface area contributed by atoms with Crippen molar-refractivity contribution in [3.63, 3.8) is 0 Å². The summed E-state index contributed by atoms with van der Waals surface area (Å²) in [4.78, 5) is 4.33. The van der Waals surface area contributed by atoms with Crippen LogP contribution in [-0.2, 0) is 10.0 Å². The van der Waals surface area contributed by atoms with Crippen molar-refractivity contribution in [2.75, 3.05) is 25.5 Å². The van der Waals surface area contributed by atoms with Crippen LogP contribution in [-0.4, -0.2) is 37.8 Å². The van der Waals surface area contributed by atoms with Gasteiger partial charge in [-0.15, -0.1) is 0 Å². The van der Waals surface area contributed by atoms with E-state index in [-0.39, 0.29) is 10.8 Å². The maximum atomic E-state index is 12.5. The van der Waals surface area contributed by atoms with Gasteiger partial charge in [-0.05, 0) is 34.8 Å². The molecule has 0 atom stereocenters. The van der Waals surface area contributed by atoms with Crippen molar-refractivity contribution in [3.8, 4) is 0 Å². The first-order valence-corrected chi connectivity index (χ1v) is 8.38. The molecule has 0 aliphatic heterocycles. The minimum absolute atomic E-state index is 0.201. The van der Waals surface area contributed by atoms with Crippen molar-refractivity contribution in [2.24, 2.45) is 5.92 Å². The number of hydrogen-bond donors (Lipinski definition) is 1. The quantitative estimate of drug-likeness (QED) is 0.857. The Kier molecular flexibility index (Phi) is 5.76. The number of nitrogens with zero attached hydrogens (tertiary/aromatic N) is 2. The van der Waals surface area contributed by atoms with E-state index in [1.54, 1.807) is 19.3 Å². The fraction of sp³-hybridized carbons (Fsp3) is 0.583. The zero-order chi connectivity index (χ0) is 14.6. The molecule has 0 amide bonds. The molecule has 19 heavy (non-hydrogen) atoms. The molecule has 7 heteroatoms. The van der Waals surface area contributed by atoms with Gasteiger partial charge in [0.2, 0.25) is 10.0 Å². The van der Waals surface area contributed by atoms with E-state index >= 15 is 0 Å². The lowest BCUT2D eigenvalue weighted by atomic mass is 10.2. The predicted molar refractivity (Wildman–Crippen MR) is 80.8 cm³/mol. The molecular weight excluding hydrogens is 330 g/mol. The van der Waals surface area contributed by atoms with Crippen molar-refractivity contribution in [2.45, 2.75) is 25.7 Å². The van der Waals surface area contributed by atoms with Crippen LogP contribution >= 0.6 is 15.9 Å². The van der Waals surface area contributed by atoms with Crippen LogP contribution in [0.25, 0.3) is 0 Å². The monoisotopic (exact) mass is 349 g/mol. The Morgan fingerprint density at radius 3 is 2.63 bits per heavy atom. The SMILES string of the molecule is CCNc1ncc(Br)cc1S(=O)(=O)N(C)CC(C)C. The van der Waals surface area contributed by atoms with Crippen molar-refractivity contribution in [1.29, 1.82) is 0 Å². The Morgan fingerprint density at radius 2 is 2.11 bits per heavy atom. The number of nitrogens with one attached hydrogen (secondary N) is 1. The van der Waals surface area contributed by atoms with E-state index in [1.807, 2.05) is 20.8 Å². The van der Waals surface area contributed by atoms with E-state index in [4.69, 9.17) is 0 Å². The zero-order valence-electron chi connectivity index (χ0n) is 11.6. The summed E-state index contributed by atoms with van der Waals surface area (Å²) in [5.74, 6) is 0.656. The molecule has 1 aromatic heterocycles. The third kappa shape index (κ3) is 4.15. The van der Waals surface area contributed by atoms with Gasteiger partial charge in [-0.3, -0.25) is 0 Å². The maximum Gasteiger partial charge on any atom is 0.246 e. The molecule has 1 rings (SSSR count). The van der Waals surface area contributed by atoms with Gasteiger partial charge in [0.25, 0.3) is 0 Å². The first-order valence-electron chi connectivity index (χ1n) is 6.14. The lowest BCUT2D eigenvalue weighted by Crippen LogP contribution is -2.31. The molecule has 5 nitrogen and oxygen atoms in total.